The van der Waals surface area contributed by atoms with Crippen LogP contribution < -0.4 is 10.3 Å². The lowest BCUT2D eigenvalue weighted by molar-refractivity contribution is 0.0675. The molecule has 0 aliphatic carbocycles. The molecule has 1 aromatic rings. The number of aryl methyl sites for hydroxylation is 1. The summed E-state index contributed by atoms with van der Waals surface area (Å²) in [5.74, 6) is 0. The Morgan fingerprint density at radius 3 is 2.45 bits per heavy atom. The lowest BCUT2D eigenvalue weighted by Gasteiger charge is -2.29. The molecule has 2 N–H and O–H groups in total. The highest BCUT2D eigenvalue weighted by Crippen LogP contribution is 2.09. The first-order chi connectivity index (χ1) is 9.49. The Morgan fingerprint density at radius 1 is 1.25 bits per heavy atom. The lowest BCUT2D eigenvalue weighted by atomic mass is 10.2. The van der Waals surface area contributed by atoms with E-state index in [-0.39, 0.29) is 4.90 Å². The fraction of sp³-hybridized carbons (Fsp3) is 0.417. The number of nitrogens with zero attached hydrogens (tertiary/aromatic N) is 1. The summed E-state index contributed by atoms with van der Waals surface area (Å²) in [4.78, 5) is 4.34. The second-order valence-electron chi connectivity index (χ2n) is 4.45. The largest absolute Gasteiger partial charge is 0.378 e. The molecule has 6 nitrogen and oxygen atoms in total. The highest BCUT2D eigenvalue weighted by atomic mass is 32.2. The van der Waals surface area contributed by atoms with Gasteiger partial charge in [-0.25, -0.2) is 8.42 Å². The first-order valence-corrected chi connectivity index (χ1v) is 8.09. The smallest absolute Gasteiger partial charge is 0.257 e. The normalized spacial score (nSPS) is 15.9. The minimum atomic E-state index is -3.62. The van der Waals surface area contributed by atoms with Crippen molar-refractivity contribution in [2.75, 3.05) is 26.3 Å². The van der Waals surface area contributed by atoms with Crippen molar-refractivity contribution in [2.24, 2.45) is 0 Å². The fourth-order valence-electron chi connectivity index (χ4n) is 1.73. The number of nitrogens with one attached hydrogen (secondary N) is 2. The van der Waals surface area contributed by atoms with Crippen molar-refractivity contribution in [3.63, 3.8) is 0 Å². The predicted molar refractivity (Wildman–Crippen MR) is 79.6 cm³/mol. The fourth-order valence-corrected chi connectivity index (χ4v) is 2.87. The average Bonchev–Trinajstić information content (AvgIpc) is 2.46. The Labute approximate surface area is 124 Å². The number of hydrazine groups is 1. The van der Waals surface area contributed by atoms with Crippen LogP contribution in [0.3, 0.4) is 0 Å². The monoisotopic (exact) mass is 315 g/mol. The highest BCUT2D eigenvalue weighted by molar-refractivity contribution is 7.89. The first-order valence-electron chi connectivity index (χ1n) is 6.20. The number of benzene rings is 1. The topological polar surface area (TPSA) is 70.7 Å². The molecule has 0 spiro atoms. The van der Waals surface area contributed by atoms with E-state index in [4.69, 9.17) is 17.0 Å². The zero-order chi connectivity index (χ0) is 14.6. The minimum Gasteiger partial charge on any atom is -0.378 e. The van der Waals surface area contributed by atoms with Crippen LogP contribution in [0.4, 0.5) is 0 Å². The van der Waals surface area contributed by atoms with Crippen LogP contribution >= 0.6 is 12.2 Å². The molecule has 0 aromatic heterocycles. The van der Waals surface area contributed by atoms with Crippen LogP contribution in [0.15, 0.2) is 29.2 Å². The van der Waals surface area contributed by atoms with Crippen molar-refractivity contribution in [3.8, 4) is 0 Å². The lowest BCUT2D eigenvalue weighted by Crippen LogP contribution is -2.51. The molecule has 0 atom stereocenters. The van der Waals surface area contributed by atoms with Crippen molar-refractivity contribution >= 4 is 27.4 Å². The summed E-state index contributed by atoms with van der Waals surface area (Å²) < 4.78 is 29.3. The third kappa shape index (κ3) is 3.89. The second kappa shape index (κ2) is 6.49. The highest BCUT2D eigenvalue weighted by Gasteiger charge is 2.17. The predicted octanol–water partition coefficient (Wildman–Crippen LogP) is 0.395. The van der Waals surface area contributed by atoms with E-state index < -0.39 is 10.0 Å². The summed E-state index contributed by atoms with van der Waals surface area (Å²) >= 11 is 5.15. The number of sulfonamides is 1. The molecule has 0 saturated carbocycles. The van der Waals surface area contributed by atoms with Gasteiger partial charge in [-0.1, -0.05) is 17.7 Å². The molecule has 1 fully saturated rings. The van der Waals surface area contributed by atoms with Gasteiger partial charge in [-0.3, -0.25) is 5.43 Å². The number of rotatable bonds is 3. The zero-order valence-corrected chi connectivity index (χ0v) is 12.8. The molecule has 1 heterocycles. The van der Waals surface area contributed by atoms with Crippen molar-refractivity contribution in [3.05, 3.63) is 29.8 Å². The van der Waals surface area contributed by atoms with Gasteiger partial charge in [0.05, 0.1) is 18.1 Å². The van der Waals surface area contributed by atoms with Gasteiger partial charge in [0, 0.05) is 13.1 Å². The average molecular weight is 315 g/mol. The van der Waals surface area contributed by atoms with Gasteiger partial charge >= 0.3 is 0 Å². The number of morpholine rings is 1. The van der Waals surface area contributed by atoms with Crippen molar-refractivity contribution in [1.29, 1.82) is 0 Å². The van der Waals surface area contributed by atoms with Gasteiger partial charge in [-0.15, -0.1) is 4.83 Å². The van der Waals surface area contributed by atoms with Gasteiger partial charge in [-0.05, 0) is 31.3 Å². The van der Waals surface area contributed by atoms with E-state index in [9.17, 15) is 8.42 Å². The minimum absolute atomic E-state index is 0.195. The number of ether oxygens (including phenoxy) is 1. The van der Waals surface area contributed by atoms with Gasteiger partial charge in [-0.2, -0.15) is 0 Å². The molecule has 1 aliphatic rings. The molecule has 0 unspecified atom stereocenters. The van der Waals surface area contributed by atoms with Crippen LogP contribution in [-0.2, 0) is 14.8 Å². The Bertz CT molecular complexity index is 566. The summed E-state index contributed by atoms with van der Waals surface area (Å²) in [6.45, 7) is 4.38. The molecule has 20 heavy (non-hydrogen) atoms. The van der Waals surface area contributed by atoms with E-state index in [1.54, 1.807) is 24.3 Å². The first kappa shape index (κ1) is 15.2. The molecule has 1 aliphatic heterocycles. The Balaban J connectivity index is 1.95. The third-order valence-electron chi connectivity index (χ3n) is 2.92. The van der Waals surface area contributed by atoms with Gasteiger partial charge in [0.2, 0.25) is 0 Å². The molecule has 1 saturated heterocycles. The van der Waals surface area contributed by atoms with Crippen LogP contribution in [0.25, 0.3) is 0 Å². The molecular weight excluding hydrogens is 298 g/mol. The van der Waals surface area contributed by atoms with Crippen molar-refractivity contribution in [2.45, 2.75) is 11.8 Å². The van der Waals surface area contributed by atoms with E-state index in [0.29, 0.717) is 31.4 Å². The van der Waals surface area contributed by atoms with Crippen molar-refractivity contribution in [1.82, 2.24) is 15.2 Å². The molecule has 2 rings (SSSR count). The number of hydrogen-bond acceptors (Lipinski definition) is 4. The SMILES string of the molecule is Cc1ccc(S(=O)(=O)NNC(=S)N2CCOCC2)cc1. The van der Waals surface area contributed by atoms with E-state index in [2.05, 4.69) is 10.3 Å². The Hall–Kier alpha value is -1.22. The molecule has 110 valence electrons. The van der Waals surface area contributed by atoms with Crippen LogP contribution in [0.2, 0.25) is 0 Å². The number of thiocarbonyl (C=S) groups is 1. The summed E-state index contributed by atoms with van der Waals surface area (Å²) in [7, 11) is -3.62. The van der Waals surface area contributed by atoms with Gasteiger partial charge < -0.3 is 9.64 Å². The third-order valence-corrected chi connectivity index (χ3v) is 4.55. The van der Waals surface area contributed by atoms with Crippen LogP contribution in [0.1, 0.15) is 5.56 Å². The number of hydrogen-bond donors (Lipinski definition) is 2. The van der Waals surface area contributed by atoms with Crippen LogP contribution in [-0.4, -0.2) is 44.7 Å². The molecule has 0 amide bonds. The maximum absolute atomic E-state index is 12.1. The molecule has 0 radical (unpaired) electrons. The Kier molecular flexibility index (Phi) is 4.92. The molecule has 8 heteroatoms. The van der Waals surface area contributed by atoms with Gasteiger partial charge in [0.15, 0.2) is 5.11 Å². The van der Waals surface area contributed by atoms with E-state index >= 15 is 0 Å². The maximum Gasteiger partial charge on any atom is 0.257 e. The van der Waals surface area contributed by atoms with Gasteiger partial charge in [0.25, 0.3) is 10.0 Å². The van der Waals surface area contributed by atoms with Crippen molar-refractivity contribution < 1.29 is 13.2 Å². The Morgan fingerprint density at radius 2 is 1.85 bits per heavy atom. The van der Waals surface area contributed by atoms with E-state index in [1.165, 1.54) is 0 Å². The summed E-state index contributed by atoms with van der Waals surface area (Å²) in [6, 6.07) is 6.60. The van der Waals surface area contributed by atoms with E-state index in [1.807, 2.05) is 11.8 Å². The molecular formula is C12H17N3O3S2. The summed E-state index contributed by atoms with van der Waals surface area (Å²) in [6.07, 6.45) is 0. The van der Waals surface area contributed by atoms with Gasteiger partial charge in [0.1, 0.15) is 0 Å². The zero-order valence-electron chi connectivity index (χ0n) is 11.1. The molecule has 1 aromatic carbocycles. The quantitative estimate of drug-likeness (QED) is 0.621. The molecule has 0 bridgehead atoms. The van der Waals surface area contributed by atoms with Crippen LogP contribution in [0.5, 0.6) is 0 Å². The second-order valence-corrected chi connectivity index (χ2v) is 6.52. The standard InChI is InChI=1S/C12H17N3O3S2/c1-10-2-4-11(5-3-10)20(16,17)14-13-12(19)15-6-8-18-9-7-15/h2-5,14H,6-9H2,1H3,(H,13,19). The maximum atomic E-state index is 12.1. The summed E-state index contributed by atoms with van der Waals surface area (Å²) in [5, 5.41) is 0.351. The summed E-state index contributed by atoms with van der Waals surface area (Å²) in [5.41, 5.74) is 3.57. The van der Waals surface area contributed by atoms with Crippen LogP contribution in [0, 0.1) is 6.92 Å². The van der Waals surface area contributed by atoms with E-state index in [0.717, 1.165) is 5.56 Å².